The van der Waals surface area contributed by atoms with Gasteiger partial charge in [-0.25, -0.2) is 18.0 Å². The van der Waals surface area contributed by atoms with Crippen molar-refractivity contribution in [2.24, 2.45) is 0 Å². The monoisotopic (exact) mass is 651 g/mol. The fourth-order valence-corrected chi connectivity index (χ4v) is 5.68. The van der Waals surface area contributed by atoms with E-state index in [9.17, 15) is 57.6 Å². The number of nitro benzene ring substituents is 2. The number of aliphatic hydroxyl groups excluding tert-OH is 1. The zero-order valence-electron chi connectivity index (χ0n) is 22.1. The molecule has 3 rings (SSSR count). The second kappa shape index (κ2) is 13.4. The number of carbonyl (C=O) groups excluding carboxylic acids is 1. The van der Waals surface area contributed by atoms with Crippen molar-refractivity contribution in [2.45, 2.75) is 29.4 Å². The lowest BCUT2D eigenvalue weighted by molar-refractivity contribution is -0.396. The van der Waals surface area contributed by atoms with E-state index in [0.717, 1.165) is 34.8 Å². The first-order valence-corrected chi connectivity index (χ1v) is 14.4. The van der Waals surface area contributed by atoms with E-state index in [4.69, 9.17) is 14.0 Å². The molecule has 0 radical (unpaired) electrons. The number of nitro groups is 2. The molecule has 2 unspecified atom stereocenters. The Kier molecular flexibility index (Phi) is 10.4. The second-order valence-corrected chi connectivity index (χ2v) is 11.5. The van der Waals surface area contributed by atoms with E-state index in [2.05, 4.69) is 0 Å². The van der Waals surface area contributed by atoms with Crippen LogP contribution in [0, 0.1) is 20.2 Å². The Labute approximate surface area is 241 Å². The quantitative estimate of drug-likeness (QED) is 0.141. The molecule has 1 aromatic carbocycles. The molecule has 234 valence electrons. The molecule has 0 aliphatic carbocycles. The topological polar surface area (TPSA) is 284 Å². The fourth-order valence-electron chi connectivity index (χ4n) is 3.92. The molecule has 1 aromatic heterocycles. The molecule has 0 saturated carbocycles. The van der Waals surface area contributed by atoms with Gasteiger partial charge in [0.2, 0.25) is 10.0 Å². The Bertz CT molecular complexity index is 1650. The molecule has 0 spiro atoms. The van der Waals surface area contributed by atoms with Crippen molar-refractivity contribution in [3.8, 4) is 0 Å². The molecule has 1 amide bonds. The molecule has 5 atom stereocenters. The summed E-state index contributed by atoms with van der Waals surface area (Å²) in [5, 5.41) is 32.1. The van der Waals surface area contributed by atoms with Crippen LogP contribution in [-0.4, -0.2) is 105 Å². The van der Waals surface area contributed by atoms with Gasteiger partial charge < -0.3 is 19.5 Å². The summed E-state index contributed by atoms with van der Waals surface area (Å²) in [6.07, 6.45) is -6.33. The van der Waals surface area contributed by atoms with Gasteiger partial charge in [0.25, 0.3) is 16.9 Å². The number of aliphatic hydroxyl groups is 1. The summed E-state index contributed by atoms with van der Waals surface area (Å²) in [7, 11) is -5.71. The maximum absolute atomic E-state index is 13.0. The number of likely N-dealkylation sites (N-methyl/N-ethyl adjacent to an activating group) is 2. The van der Waals surface area contributed by atoms with Crippen LogP contribution in [0.15, 0.2) is 44.9 Å². The number of amides is 1. The molecule has 0 bridgehead atoms. The highest BCUT2D eigenvalue weighted by molar-refractivity contribution is 7.89. The summed E-state index contributed by atoms with van der Waals surface area (Å²) < 4.78 is 54.7. The van der Waals surface area contributed by atoms with Crippen LogP contribution < -0.4 is 11.2 Å². The van der Waals surface area contributed by atoms with Crippen molar-refractivity contribution in [2.75, 3.05) is 33.8 Å². The van der Waals surface area contributed by atoms with Crippen LogP contribution in [0.3, 0.4) is 0 Å². The molecule has 1 fully saturated rings. The highest BCUT2D eigenvalue weighted by Crippen LogP contribution is 2.37. The Hall–Kier alpha value is -4.18. The smallest absolute Gasteiger partial charge is 0.438 e. The SMILES string of the molecule is CN(CCN(C)S(=O)(=O)c1ccc([N+](=O)[O-])cc1[N+](=O)[O-])C(=O)O[C@H]1C(O[P+](=O)O)[C@@H](CO)O[C@H]1n1ccc(=O)[nH]c1=O. The van der Waals surface area contributed by atoms with Gasteiger partial charge in [-0.2, -0.15) is 4.31 Å². The van der Waals surface area contributed by atoms with Crippen LogP contribution in [-0.2, 0) is 28.6 Å². The first-order chi connectivity index (χ1) is 20.1. The molecule has 3 N–H and O–H groups in total. The van der Waals surface area contributed by atoms with Gasteiger partial charge in [-0.15, -0.1) is 9.42 Å². The number of aromatic amines is 1. The van der Waals surface area contributed by atoms with Crippen LogP contribution in [0.25, 0.3) is 0 Å². The minimum Gasteiger partial charge on any atom is -0.438 e. The highest BCUT2D eigenvalue weighted by atomic mass is 32.2. The Morgan fingerprint density at radius 2 is 1.84 bits per heavy atom. The molecular formula is C20H24N6O15PS+. The van der Waals surface area contributed by atoms with E-state index in [-0.39, 0.29) is 0 Å². The number of nitrogens with one attached hydrogen (secondary N) is 1. The van der Waals surface area contributed by atoms with Crippen molar-refractivity contribution in [1.82, 2.24) is 18.8 Å². The Morgan fingerprint density at radius 1 is 1.16 bits per heavy atom. The van der Waals surface area contributed by atoms with Crippen molar-refractivity contribution in [1.29, 1.82) is 0 Å². The number of nitrogens with zero attached hydrogens (tertiary/aromatic N) is 5. The van der Waals surface area contributed by atoms with E-state index in [1.54, 1.807) is 0 Å². The van der Waals surface area contributed by atoms with Crippen LogP contribution in [0.4, 0.5) is 16.2 Å². The number of hydrogen-bond acceptors (Lipinski definition) is 14. The number of hydrogen-bond donors (Lipinski definition) is 3. The number of aromatic nitrogens is 2. The van der Waals surface area contributed by atoms with Crippen LogP contribution in [0.2, 0.25) is 0 Å². The lowest BCUT2D eigenvalue weighted by atomic mass is 10.1. The predicted molar refractivity (Wildman–Crippen MR) is 139 cm³/mol. The minimum absolute atomic E-state index is 0.393. The molecule has 21 nitrogen and oxygen atoms in total. The molecule has 1 aliphatic heterocycles. The lowest BCUT2D eigenvalue weighted by Gasteiger charge is -2.26. The summed E-state index contributed by atoms with van der Waals surface area (Å²) in [5.74, 6) is 0. The van der Waals surface area contributed by atoms with Gasteiger partial charge >= 0.3 is 20.0 Å². The van der Waals surface area contributed by atoms with Gasteiger partial charge in [0.05, 0.1) is 22.5 Å². The van der Waals surface area contributed by atoms with Crippen molar-refractivity contribution in [3.05, 3.63) is 71.5 Å². The molecule has 2 aromatic rings. The van der Waals surface area contributed by atoms with Crippen molar-refractivity contribution in [3.63, 3.8) is 0 Å². The summed E-state index contributed by atoms with van der Waals surface area (Å²) >= 11 is 0. The first-order valence-electron chi connectivity index (χ1n) is 11.8. The summed E-state index contributed by atoms with van der Waals surface area (Å²) in [6, 6.07) is 2.93. The van der Waals surface area contributed by atoms with Gasteiger partial charge in [-0.3, -0.25) is 34.6 Å². The number of carbonyl (C=O) groups is 1. The number of sulfonamides is 1. The van der Waals surface area contributed by atoms with Crippen LogP contribution in [0.1, 0.15) is 6.23 Å². The molecule has 2 heterocycles. The molecule has 43 heavy (non-hydrogen) atoms. The fraction of sp³-hybridized carbons (Fsp3) is 0.450. The summed E-state index contributed by atoms with van der Waals surface area (Å²) in [6.45, 7) is -1.66. The van der Waals surface area contributed by atoms with E-state index in [1.807, 2.05) is 4.98 Å². The van der Waals surface area contributed by atoms with E-state index in [1.165, 1.54) is 7.05 Å². The van der Waals surface area contributed by atoms with Gasteiger partial charge in [0.1, 0.15) is 6.10 Å². The third-order valence-electron chi connectivity index (χ3n) is 6.14. The minimum atomic E-state index is -4.59. The van der Waals surface area contributed by atoms with Crippen molar-refractivity contribution >= 4 is 35.7 Å². The third kappa shape index (κ3) is 7.43. The largest absolute Gasteiger partial charge is 0.695 e. The van der Waals surface area contributed by atoms with Gasteiger partial charge in [-0.05, 0) is 6.07 Å². The number of ether oxygens (including phenoxy) is 2. The number of benzene rings is 1. The zero-order valence-corrected chi connectivity index (χ0v) is 23.8. The van der Waals surface area contributed by atoms with Gasteiger partial charge in [-0.1, -0.05) is 0 Å². The van der Waals surface area contributed by atoms with Gasteiger partial charge in [0.15, 0.2) is 23.3 Å². The summed E-state index contributed by atoms with van der Waals surface area (Å²) in [5.41, 5.74) is -3.52. The third-order valence-corrected chi connectivity index (χ3v) is 8.47. The first kappa shape index (κ1) is 33.3. The number of H-pyrrole nitrogens is 1. The van der Waals surface area contributed by atoms with E-state index in [0.29, 0.717) is 16.4 Å². The Morgan fingerprint density at radius 3 is 2.40 bits per heavy atom. The van der Waals surface area contributed by atoms with Crippen LogP contribution in [0.5, 0.6) is 0 Å². The van der Waals surface area contributed by atoms with Gasteiger partial charge in [0, 0.05) is 50.1 Å². The maximum atomic E-state index is 13.0. The molecule has 1 saturated heterocycles. The molecular weight excluding hydrogens is 627 g/mol. The second-order valence-electron chi connectivity index (χ2n) is 8.84. The van der Waals surface area contributed by atoms with E-state index >= 15 is 0 Å². The average Bonchev–Trinajstić information content (AvgIpc) is 3.26. The highest BCUT2D eigenvalue weighted by Gasteiger charge is 2.53. The lowest BCUT2D eigenvalue weighted by Crippen LogP contribution is -2.44. The predicted octanol–water partition coefficient (Wildman–Crippen LogP) is -0.965. The standard InChI is InChI=1S/C20H23N6O15PS/c1-22(7-8-23(2)43(37,38)14-4-3-11(25(31)32)9-12(14)26(33)34)20(30)40-17-16(41-42(35)36)13(10-27)39-18(17)24-6-5-15(28)21-19(24)29/h3-6,9,13,16-18,27H,7-8,10H2,1-2H3,(H-,21,28,29,35,36)/p+1/t13-,16?,17+,18-/m1/s1. The summed E-state index contributed by atoms with van der Waals surface area (Å²) in [4.78, 5) is 68.4. The number of rotatable bonds is 12. The molecule has 1 aliphatic rings. The van der Waals surface area contributed by atoms with Crippen LogP contribution >= 0.6 is 8.25 Å². The normalized spacial score (nSPS) is 20.5. The molecule has 23 heteroatoms. The zero-order chi connectivity index (χ0) is 32.2. The van der Waals surface area contributed by atoms with Crippen molar-refractivity contribution < 1.29 is 51.6 Å². The Balaban J connectivity index is 1.80. The van der Waals surface area contributed by atoms with E-state index < -0.39 is 106 Å². The number of non-ortho nitro benzene ring substituents is 1. The maximum Gasteiger partial charge on any atom is 0.695 e. The average molecular weight is 651 g/mol.